The van der Waals surface area contributed by atoms with E-state index in [0.29, 0.717) is 0 Å². The number of rotatable bonds is 4. The molecule has 1 heteroatoms. The van der Waals surface area contributed by atoms with E-state index in [0.717, 1.165) is 16.6 Å². The molecule has 0 aliphatic rings. The number of quaternary nitrogens is 1. The van der Waals surface area contributed by atoms with E-state index in [1.54, 1.807) is 0 Å². The Balaban J connectivity index is 2.77. The summed E-state index contributed by atoms with van der Waals surface area (Å²) in [5, 5.41) is 0. The summed E-state index contributed by atoms with van der Waals surface area (Å²) in [6, 6.07) is 10.4. The minimum absolute atomic E-state index is 0.195. The molecule has 0 saturated carbocycles. The van der Waals surface area contributed by atoms with Crippen molar-refractivity contribution in [2.45, 2.75) is 13.0 Å². The zero-order chi connectivity index (χ0) is 12.2. The fourth-order valence-electron chi connectivity index (χ4n) is 1.60. The van der Waals surface area contributed by atoms with Crippen molar-refractivity contribution in [1.82, 2.24) is 0 Å². The highest BCUT2D eigenvalue weighted by atomic mass is 15.3. The fraction of sp³-hybridized carbons (Fsp3) is 0.333. The Hall–Kier alpha value is -1.52. The number of hydrogen-bond donors (Lipinski definition) is 0. The molecule has 1 aromatic carbocycles. The van der Waals surface area contributed by atoms with Crippen LogP contribution >= 0.6 is 0 Å². The number of terminal acetylenes is 1. The monoisotopic (exact) mass is 214 g/mol. The molecule has 1 aromatic rings. The van der Waals surface area contributed by atoms with E-state index >= 15 is 0 Å². The summed E-state index contributed by atoms with van der Waals surface area (Å²) in [6.45, 7) is 7.08. The third-order valence-corrected chi connectivity index (χ3v) is 3.07. The van der Waals surface area contributed by atoms with Crippen LogP contribution in [0.4, 0.5) is 0 Å². The first-order chi connectivity index (χ1) is 7.47. The molecule has 0 radical (unpaired) electrons. The van der Waals surface area contributed by atoms with E-state index < -0.39 is 0 Å². The molecule has 0 aliphatic carbocycles. The van der Waals surface area contributed by atoms with Gasteiger partial charge in [0.2, 0.25) is 0 Å². The maximum Gasteiger partial charge on any atom is 0.147 e. The predicted octanol–water partition coefficient (Wildman–Crippen LogP) is 2.80. The lowest BCUT2D eigenvalue weighted by molar-refractivity contribution is -0.897. The van der Waals surface area contributed by atoms with Gasteiger partial charge in [-0.05, 0) is 18.4 Å². The molecule has 0 fully saturated rings. The summed E-state index contributed by atoms with van der Waals surface area (Å²) in [7, 11) is 4.28. The second kappa shape index (κ2) is 5.01. The SMILES string of the molecule is C#CC(C)[N+](C)(C)CC(=C)c1ccccc1. The number of hydrogen-bond acceptors (Lipinski definition) is 0. The van der Waals surface area contributed by atoms with E-state index in [-0.39, 0.29) is 6.04 Å². The number of benzene rings is 1. The molecule has 0 heterocycles. The van der Waals surface area contributed by atoms with Crippen molar-refractivity contribution in [3.63, 3.8) is 0 Å². The first kappa shape index (κ1) is 12.5. The largest absolute Gasteiger partial charge is 0.312 e. The standard InChI is InChI=1S/C15H20N/c1-6-14(3)16(4,5)12-13(2)15-10-8-7-9-11-15/h1,7-11,14H,2,12H2,3-5H3/q+1. The van der Waals surface area contributed by atoms with Crippen LogP contribution in [-0.4, -0.2) is 31.2 Å². The van der Waals surface area contributed by atoms with Crippen molar-refractivity contribution in [3.8, 4) is 12.3 Å². The lowest BCUT2D eigenvalue weighted by Gasteiger charge is -2.34. The Labute approximate surface area is 99.0 Å². The lowest BCUT2D eigenvalue weighted by Crippen LogP contribution is -2.47. The Morgan fingerprint density at radius 2 is 1.94 bits per heavy atom. The van der Waals surface area contributed by atoms with Crippen LogP contribution in [0, 0.1) is 12.3 Å². The minimum atomic E-state index is 0.195. The van der Waals surface area contributed by atoms with E-state index in [2.05, 4.69) is 45.7 Å². The molecule has 0 amide bonds. The Bertz CT molecular complexity index is 395. The molecule has 16 heavy (non-hydrogen) atoms. The van der Waals surface area contributed by atoms with Crippen LogP contribution in [0.1, 0.15) is 12.5 Å². The molecule has 1 rings (SSSR count). The predicted molar refractivity (Wildman–Crippen MR) is 70.7 cm³/mol. The molecular formula is C15H20N+. The van der Waals surface area contributed by atoms with E-state index in [1.165, 1.54) is 5.56 Å². The maximum absolute atomic E-state index is 5.48. The van der Waals surface area contributed by atoms with Crippen LogP contribution in [-0.2, 0) is 0 Å². The van der Waals surface area contributed by atoms with Gasteiger partial charge in [-0.1, -0.05) is 36.9 Å². The van der Waals surface area contributed by atoms with Gasteiger partial charge >= 0.3 is 0 Å². The highest BCUT2D eigenvalue weighted by Crippen LogP contribution is 2.17. The number of likely N-dealkylation sites (N-methyl/N-ethyl adjacent to an activating group) is 1. The molecule has 84 valence electrons. The third-order valence-electron chi connectivity index (χ3n) is 3.07. The van der Waals surface area contributed by atoms with Crippen LogP contribution in [0.15, 0.2) is 36.9 Å². The summed E-state index contributed by atoms with van der Waals surface area (Å²) in [5.74, 6) is 2.79. The van der Waals surface area contributed by atoms with Gasteiger partial charge in [0.1, 0.15) is 12.6 Å². The Morgan fingerprint density at radius 3 is 2.44 bits per heavy atom. The molecule has 0 bridgehead atoms. The highest BCUT2D eigenvalue weighted by Gasteiger charge is 2.23. The average Bonchev–Trinajstić information content (AvgIpc) is 2.28. The third kappa shape index (κ3) is 2.98. The van der Waals surface area contributed by atoms with Crippen molar-refractivity contribution < 1.29 is 4.48 Å². The smallest absolute Gasteiger partial charge is 0.147 e. The summed E-state index contributed by atoms with van der Waals surface area (Å²) in [6.07, 6.45) is 5.48. The summed E-state index contributed by atoms with van der Waals surface area (Å²) in [4.78, 5) is 0. The van der Waals surface area contributed by atoms with Crippen LogP contribution in [0.25, 0.3) is 5.57 Å². The Kier molecular flexibility index (Phi) is 3.93. The first-order valence-electron chi connectivity index (χ1n) is 5.49. The van der Waals surface area contributed by atoms with Gasteiger partial charge < -0.3 is 4.48 Å². The second-order valence-corrected chi connectivity index (χ2v) is 4.75. The van der Waals surface area contributed by atoms with Crippen molar-refractivity contribution in [3.05, 3.63) is 42.5 Å². The van der Waals surface area contributed by atoms with Gasteiger partial charge in [-0.15, -0.1) is 6.42 Å². The van der Waals surface area contributed by atoms with Gasteiger partial charge in [0.05, 0.1) is 14.1 Å². The van der Waals surface area contributed by atoms with Gasteiger partial charge in [-0.2, -0.15) is 0 Å². The van der Waals surface area contributed by atoms with Crippen LogP contribution in [0.3, 0.4) is 0 Å². The minimum Gasteiger partial charge on any atom is -0.312 e. The van der Waals surface area contributed by atoms with Gasteiger partial charge in [0.25, 0.3) is 0 Å². The zero-order valence-electron chi connectivity index (χ0n) is 10.4. The van der Waals surface area contributed by atoms with Crippen LogP contribution in [0.5, 0.6) is 0 Å². The van der Waals surface area contributed by atoms with Gasteiger partial charge in [0, 0.05) is 5.57 Å². The molecule has 0 aliphatic heterocycles. The van der Waals surface area contributed by atoms with E-state index in [9.17, 15) is 0 Å². The topological polar surface area (TPSA) is 0 Å². The molecule has 0 aromatic heterocycles. The first-order valence-corrected chi connectivity index (χ1v) is 5.49. The normalized spacial score (nSPS) is 12.9. The molecule has 1 unspecified atom stereocenters. The van der Waals surface area contributed by atoms with E-state index in [4.69, 9.17) is 6.42 Å². The quantitative estimate of drug-likeness (QED) is 0.534. The molecule has 0 spiro atoms. The van der Waals surface area contributed by atoms with Crippen molar-refractivity contribution in [2.75, 3.05) is 20.6 Å². The zero-order valence-corrected chi connectivity index (χ0v) is 10.4. The average molecular weight is 214 g/mol. The molecular weight excluding hydrogens is 194 g/mol. The van der Waals surface area contributed by atoms with Crippen LogP contribution < -0.4 is 0 Å². The maximum atomic E-state index is 5.48. The summed E-state index contributed by atoms with van der Waals surface area (Å²) in [5.41, 5.74) is 2.32. The Morgan fingerprint density at radius 1 is 1.38 bits per heavy atom. The van der Waals surface area contributed by atoms with Gasteiger partial charge in [0.15, 0.2) is 0 Å². The lowest BCUT2D eigenvalue weighted by atomic mass is 10.1. The van der Waals surface area contributed by atoms with Crippen molar-refractivity contribution in [1.29, 1.82) is 0 Å². The van der Waals surface area contributed by atoms with Crippen LogP contribution in [0.2, 0.25) is 0 Å². The highest BCUT2D eigenvalue weighted by molar-refractivity contribution is 5.63. The molecule has 1 nitrogen and oxygen atoms in total. The second-order valence-electron chi connectivity index (χ2n) is 4.75. The molecule has 0 N–H and O–H groups in total. The molecule has 0 saturated heterocycles. The summed E-state index contributed by atoms with van der Waals surface area (Å²) < 4.78 is 0.768. The van der Waals surface area contributed by atoms with E-state index in [1.807, 2.05) is 18.2 Å². The van der Waals surface area contributed by atoms with Gasteiger partial charge in [-0.25, -0.2) is 0 Å². The van der Waals surface area contributed by atoms with Crippen molar-refractivity contribution in [2.24, 2.45) is 0 Å². The van der Waals surface area contributed by atoms with Crippen molar-refractivity contribution >= 4 is 5.57 Å². The van der Waals surface area contributed by atoms with Gasteiger partial charge in [-0.3, -0.25) is 0 Å². The summed E-state index contributed by atoms with van der Waals surface area (Å²) >= 11 is 0. The number of nitrogens with zero attached hydrogens (tertiary/aromatic N) is 1. The fourth-order valence-corrected chi connectivity index (χ4v) is 1.60. The molecule has 1 atom stereocenters.